The molecule has 5 heteroatoms. The highest BCUT2D eigenvalue weighted by atomic mass is 16.2. The van der Waals surface area contributed by atoms with Crippen molar-refractivity contribution in [2.45, 2.75) is 0 Å². The molecule has 1 aliphatic heterocycles. The van der Waals surface area contributed by atoms with Crippen LogP contribution in [0.4, 0.5) is 0 Å². The highest BCUT2D eigenvalue weighted by molar-refractivity contribution is 6.29. The molecule has 0 aliphatic carbocycles. The average Bonchev–Trinajstić information content (AvgIpc) is 3.15. The van der Waals surface area contributed by atoms with Gasteiger partial charge in [0.15, 0.2) is 0 Å². The van der Waals surface area contributed by atoms with Gasteiger partial charge in [-0.3, -0.25) is 14.9 Å². The summed E-state index contributed by atoms with van der Waals surface area (Å²) < 4.78 is 0. The van der Waals surface area contributed by atoms with Crippen LogP contribution in [-0.2, 0) is 0 Å². The number of carbonyl (C=O) groups excluding carboxylic acids is 2. The van der Waals surface area contributed by atoms with E-state index in [0.29, 0.717) is 22.5 Å². The molecule has 2 amide bonds. The number of nitrogens with zero attached hydrogens (tertiary/aromatic N) is 1. The van der Waals surface area contributed by atoms with Crippen LogP contribution in [0.2, 0.25) is 0 Å². The summed E-state index contributed by atoms with van der Waals surface area (Å²) in [5.41, 5.74) is 3.16. The van der Waals surface area contributed by atoms with Gasteiger partial charge >= 0.3 is 0 Å². The molecule has 0 radical (unpaired) electrons. The van der Waals surface area contributed by atoms with Crippen LogP contribution in [0.15, 0.2) is 54.6 Å². The predicted molar refractivity (Wildman–Crippen MR) is 90.8 cm³/mol. The van der Waals surface area contributed by atoms with E-state index >= 15 is 0 Å². The molecule has 0 atom stereocenters. The minimum absolute atomic E-state index is 0.357. The quantitative estimate of drug-likeness (QED) is 0.530. The van der Waals surface area contributed by atoms with Crippen LogP contribution in [0.25, 0.3) is 33.2 Å². The first-order chi connectivity index (χ1) is 11.7. The van der Waals surface area contributed by atoms with E-state index in [-0.39, 0.29) is 11.8 Å². The van der Waals surface area contributed by atoms with Gasteiger partial charge in [0.05, 0.1) is 22.2 Å². The van der Waals surface area contributed by atoms with Gasteiger partial charge in [0.2, 0.25) is 0 Å². The normalized spacial score (nSPS) is 13.5. The lowest BCUT2D eigenvalue weighted by Crippen LogP contribution is -2.20. The highest BCUT2D eigenvalue weighted by Crippen LogP contribution is 2.34. The van der Waals surface area contributed by atoms with Crippen LogP contribution < -0.4 is 5.32 Å². The lowest BCUT2D eigenvalue weighted by molar-refractivity contribution is 0.0880. The number of nitrogens with one attached hydrogen (secondary N) is 2. The first kappa shape index (κ1) is 13.0. The van der Waals surface area contributed by atoms with Crippen LogP contribution in [0.1, 0.15) is 20.7 Å². The zero-order valence-corrected chi connectivity index (χ0v) is 12.5. The minimum Gasteiger partial charge on any atom is -0.338 e. The van der Waals surface area contributed by atoms with E-state index in [9.17, 15) is 9.59 Å². The Hall–Kier alpha value is -3.47. The third-order valence-electron chi connectivity index (χ3n) is 4.37. The van der Waals surface area contributed by atoms with Gasteiger partial charge in [-0.05, 0) is 29.0 Å². The van der Waals surface area contributed by atoms with E-state index in [2.05, 4.69) is 15.3 Å². The monoisotopic (exact) mass is 313 g/mol. The van der Waals surface area contributed by atoms with Crippen molar-refractivity contribution in [1.29, 1.82) is 0 Å². The Labute approximate surface area is 136 Å². The number of H-pyrrole nitrogens is 1. The van der Waals surface area contributed by atoms with Crippen LogP contribution in [-0.4, -0.2) is 21.8 Å². The van der Waals surface area contributed by atoms with Gasteiger partial charge in [-0.2, -0.15) is 0 Å². The minimum atomic E-state index is -0.379. The van der Waals surface area contributed by atoms with Crippen LogP contribution >= 0.6 is 0 Å². The Kier molecular flexibility index (Phi) is 2.45. The van der Waals surface area contributed by atoms with Crippen molar-refractivity contribution in [1.82, 2.24) is 15.3 Å². The maximum Gasteiger partial charge on any atom is 0.259 e. The van der Waals surface area contributed by atoms with Crippen molar-refractivity contribution in [3.8, 4) is 11.4 Å². The number of imide groups is 1. The van der Waals surface area contributed by atoms with Gasteiger partial charge in [-0.1, -0.05) is 36.4 Å². The predicted octanol–water partition coefficient (Wildman–Crippen LogP) is 3.27. The second-order valence-electron chi connectivity index (χ2n) is 5.78. The summed E-state index contributed by atoms with van der Waals surface area (Å²) in [7, 11) is 0. The Morgan fingerprint density at radius 2 is 1.58 bits per heavy atom. The third kappa shape index (κ3) is 1.66. The maximum absolute atomic E-state index is 12.4. The Balaban J connectivity index is 1.90. The molecule has 2 N–H and O–H groups in total. The molecule has 4 aromatic rings. The molecule has 0 spiro atoms. The lowest BCUT2D eigenvalue weighted by Gasteiger charge is -2.07. The Morgan fingerprint density at radius 1 is 0.833 bits per heavy atom. The summed E-state index contributed by atoms with van der Waals surface area (Å²) in [4.78, 5) is 32.5. The molecular formula is C19H11N3O2. The van der Waals surface area contributed by atoms with E-state index in [1.807, 2.05) is 54.6 Å². The zero-order chi connectivity index (χ0) is 16.3. The van der Waals surface area contributed by atoms with Crippen molar-refractivity contribution in [3.63, 3.8) is 0 Å². The first-order valence-corrected chi connectivity index (χ1v) is 7.59. The maximum atomic E-state index is 12.4. The number of aromatic amines is 1. The summed E-state index contributed by atoms with van der Waals surface area (Å²) in [6.07, 6.45) is 0. The van der Waals surface area contributed by atoms with Crippen molar-refractivity contribution in [3.05, 3.63) is 65.7 Å². The molecule has 0 bridgehead atoms. The van der Waals surface area contributed by atoms with Gasteiger partial charge < -0.3 is 4.98 Å². The van der Waals surface area contributed by atoms with E-state index in [1.165, 1.54) is 0 Å². The van der Waals surface area contributed by atoms with Crippen LogP contribution in [0.3, 0.4) is 0 Å². The van der Waals surface area contributed by atoms with Crippen LogP contribution in [0.5, 0.6) is 0 Å². The highest BCUT2D eigenvalue weighted by Gasteiger charge is 2.32. The van der Waals surface area contributed by atoms with Gasteiger partial charge in [0.25, 0.3) is 11.8 Å². The lowest BCUT2D eigenvalue weighted by atomic mass is 9.95. The third-order valence-corrected chi connectivity index (χ3v) is 4.37. The molecule has 1 aromatic heterocycles. The van der Waals surface area contributed by atoms with Gasteiger partial charge in [0.1, 0.15) is 5.82 Å². The average molecular weight is 313 g/mol. The van der Waals surface area contributed by atoms with Crippen molar-refractivity contribution in [2.75, 3.05) is 0 Å². The number of amides is 2. The number of carbonyl (C=O) groups is 2. The number of rotatable bonds is 1. The number of para-hydroxylation sites is 2. The van der Waals surface area contributed by atoms with Crippen LogP contribution in [0, 0.1) is 0 Å². The van der Waals surface area contributed by atoms with Gasteiger partial charge in [-0.25, -0.2) is 4.98 Å². The number of hydrogen-bond donors (Lipinski definition) is 2. The van der Waals surface area contributed by atoms with E-state index < -0.39 is 0 Å². The fourth-order valence-corrected chi connectivity index (χ4v) is 3.31. The fourth-order valence-electron chi connectivity index (χ4n) is 3.31. The molecule has 2 heterocycles. The smallest absolute Gasteiger partial charge is 0.259 e. The Bertz CT molecular complexity index is 1140. The largest absolute Gasteiger partial charge is 0.338 e. The van der Waals surface area contributed by atoms with Crippen molar-refractivity contribution >= 4 is 33.6 Å². The summed E-state index contributed by atoms with van der Waals surface area (Å²) in [6.45, 7) is 0. The Morgan fingerprint density at radius 3 is 2.46 bits per heavy atom. The van der Waals surface area contributed by atoms with E-state index in [1.54, 1.807) is 0 Å². The van der Waals surface area contributed by atoms with Gasteiger partial charge in [0, 0.05) is 5.56 Å². The van der Waals surface area contributed by atoms with E-state index in [4.69, 9.17) is 0 Å². The molecule has 5 nitrogen and oxygen atoms in total. The number of aromatic nitrogens is 2. The van der Waals surface area contributed by atoms with E-state index in [0.717, 1.165) is 21.8 Å². The SMILES string of the molecule is O=C1NC(=O)c2c1c(-c1nc3ccccc3[nH]1)cc1ccccc21. The molecule has 3 aromatic carbocycles. The second kappa shape index (κ2) is 4.52. The molecule has 5 rings (SSSR count). The molecule has 1 aliphatic rings. The second-order valence-corrected chi connectivity index (χ2v) is 5.78. The number of imidazole rings is 1. The summed E-state index contributed by atoms with van der Waals surface area (Å²) >= 11 is 0. The first-order valence-electron chi connectivity index (χ1n) is 7.59. The summed E-state index contributed by atoms with van der Waals surface area (Å²) in [5.74, 6) is -0.150. The van der Waals surface area contributed by atoms with Crippen molar-refractivity contribution in [2.24, 2.45) is 0 Å². The topological polar surface area (TPSA) is 74.8 Å². The molecular weight excluding hydrogens is 302 g/mol. The molecule has 0 saturated heterocycles. The zero-order valence-electron chi connectivity index (χ0n) is 12.5. The fraction of sp³-hybridized carbons (Fsp3) is 0. The standard InChI is InChI=1S/C19H11N3O2/c23-18-15-11-6-2-1-5-10(11)9-12(16(15)19(24)22-18)17-20-13-7-3-4-8-14(13)21-17/h1-9H,(H,20,21)(H,22,23,24). The summed E-state index contributed by atoms with van der Waals surface area (Å²) in [6, 6.07) is 17.1. The number of fused-ring (bicyclic) bond motifs is 4. The molecule has 24 heavy (non-hydrogen) atoms. The number of benzene rings is 3. The molecule has 0 fully saturated rings. The molecule has 114 valence electrons. The molecule has 0 unspecified atom stereocenters. The molecule has 0 saturated carbocycles. The summed E-state index contributed by atoms with van der Waals surface area (Å²) in [5, 5.41) is 4.07. The van der Waals surface area contributed by atoms with Crippen molar-refractivity contribution < 1.29 is 9.59 Å². The van der Waals surface area contributed by atoms with Gasteiger partial charge in [-0.15, -0.1) is 0 Å². The number of hydrogen-bond acceptors (Lipinski definition) is 3.